The van der Waals surface area contributed by atoms with Gasteiger partial charge in [-0.25, -0.2) is 4.79 Å². The molecule has 2 atom stereocenters. The first-order valence-electron chi connectivity index (χ1n) is 9.35. The minimum absolute atomic E-state index is 0.0745. The van der Waals surface area contributed by atoms with Crippen LogP contribution in [-0.4, -0.2) is 43.3 Å². The van der Waals surface area contributed by atoms with Gasteiger partial charge in [0.2, 0.25) is 0 Å². The smallest absolute Gasteiger partial charge is 0.430 e. The zero-order valence-electron chi connectivity index (χ0n) is 16.8. The van der Waals surface area contributed by atoms with Crippen LogP contribution in [0, 0.1) is 0 Å². The number of halogens is 3. The summed E-state index contributed by atoms with van der Waals surface area (Å²) in [4.78, 5) is 28.4. The first-order valence-corrected chi connectivity index (χ1v) is 9.35. The van der Waals surface area contributed by atoms with Gasteiger partial charge in [0.15, 0.2) is 0 Å². The molecule has 0 bridgehead atoms. The van der Waals surface area contributed by atoms with E-state index in [-0.39, 0.29) is 6.42 Å². The molecule has 0 saturated carbocycles. The normalized spacial score (nSPS) is 14.6. The van der Waals surface area contributed by atoms with Crippen LogP contribution >= 0.6 is 0 Å². The molecule has 2 aromatic carbocycles. The van der Waals surface area contributed by atoms with Gasteiger partial charge in [-0.1, -0.05) is 48.5 Å². The predicted molar refractivity (Wildman–Crippen MR) is 107 cm³/mol. The fourth-order valence-corrected chi connectivity index (χ4v) is 3.54. The number of aromatic amines is 1. The highest BCUT2D eigenvalue weighted by Gasteiger charge is 2.63. The van der Waals surface area contributed by atoms with E-state index in [9.17, 15) is 22.8 Å². The number of ether oxygens (including phenoxy) is 2. The topological polar surface area (TPSA) is 80.4 Å². The molecule has 0 spiro atoms. The van der Waals surface area contributed by atoms with Crippen LogP contribution in [0.2, 0.25) is 0 Å². The van der Waals surface area contributed by atoms with Gasteiger partial charge in [0.1, 0.15) is 6.04 Å². The summed E-state index contributed by atoms with van der Waals surface area (Å²) in [5.41, 5.74) is -2.27. The average molecular weight is 434 g/mol. The Morgan fingerprint density at radius 3 is 2.29 bits per heavy atom. The number of nitrogens with one attached hydrogen (secondary N) is 2. The average Bonchev–Trinajstić information content (AvgIpc) is 3.16. The number of esters is 1. The van der Waals surface area contributed by atoms with Crippen LogP contribution in [-0.2, 0) is 31.1 Å². The number of fused-ring (bicyclic) bond motifs is 1. The fraction of sp³-hybridized carbons (Fsp3) is 0.273. The second-order valence-electron chi connectivity index (χ2n) is 6.86. The largest absolute Gasteiger partial charge is 0.467 e. The molecule has 2 N–H and O–H groups in total. The third-order valence-corrected chi connectivity index (χ3v) is 5.10. The number of hydrogen-bond donors (Lipinski definition) is 2. The van der Waals surface area contributed by atoms with Gasteiger partial charge in [-0.2, -0.15) is 13.2 Å². The highest BCUT2D eigenvalue weighted by molar-refractivity contribution is 5.92. The monoisotopic (exact) mass is 434 g/mol. The number of amides is 1. The standard InChI is InChI=1S/C22H21F3N2O4/c1-30-19(28)18(12-14-13-26-17-11-7-6-10-16(14)17)27-20(29)21(31-2,22(23,24)25)15-8-4-3-5-9-15/h3-11,13,18,26H,12H2,1-2H3,(H,27,29)/t18-,21?/m0/s1. The molecule has 0 aliphatic rings. The highest BCUT2D eigenvalue weighted by atomic mass is 19.4. The summed E-state index contributed by atoms with van der Waals surface area (Å²) in [6, 6.07) is 12.4. The van der Waals surface area contributed by atoms with Crippen LogP contribution in [0.4, 0.5) is 13.2 Å². The molecule has 1 unspecified atom stereocenters. The summed E-state index contributed by atoms with van der Waals surface area (Å²) >= 11 is 0. The minimum Gasteiger partial charge on any atom is -0.467 e. The second-order valence-corrected chi connectivity index (χ2v) is 6.86. The Balaban J connectivity index is 1.97. The predicted octanol–water partition coefficient (Wildman–Crippen LogP) is 3.47. The number of carbonyl (C=O) groups is 2. The number of aromatic nitrogens is 1. The maximum absolute atomic E-state index is 14.1. The summed E-state index contributed by atoms with van der Waals surface area (Å²) in [5.74, 6) is -2.39. The van der Waals surface area contributed by atoms with Gasteiger partial charge in [0, 0.05) is 36.2 Å². The van der Waals surface area contributed by atoms with Crippen LogP contribution in [0.3, 0.4) is 0 Å². The molecule has 3 rings (SSSR count). The Hall–Kier alpha value is -3.33. The second kappa shape index (κ2) is 8.81. The Morgan fingerprint density at radius 2 is 1.68 bits per heavy atom. The van der Waals surface area contributed by atoms with E-state index >= 15 is 0 Å². The Bertz CT molecular complexity index is 1070. The maximum atomic E-state index is 14.1. The molecule has 164 valence electrons. The van der Waals surface area contributed by atoms with Crippen LogP contribution < -0.4 is 5.32 Å². The molecule has 1 amide bonds. The molecule has 1 aromatic heterocycles. The number of hydrogen-bond acceptors (Lipinski definition) is 4. The number of carbonyl (C=O) groups excluding carboxylic acids is 2. The lowest BCUT2D eigenvalue weighted by Gasteiger charge is -2.34. The van der Waals surface area contributed by atoms with E-state index in [1.807, 2.05) is 12.1 Å². The van der Waals surface area contributed by atoms with Crippen LogP contribution in [0.25, 0.3) is 10.9 Å². The number of para-hydroxylation sites is 1. The van der Waals surface area contributed by atoms with Gasteiger partial charge in [-0.15, -0.1) is 0 Å². The van der Waals surface area contributed by atoms with Gasteiger partial charge in [0.05, 0.1) is 7.11 Å². The lowest BCUT2D eigenvalue weighted by molar-refractivity contribution is -0.266. The number of alkyl halides is 3. The first-order chi connectivity index (χ1) is 14.7. The van der Waals surface area contributed by atoms with Gasteiger partial charge < -0.3 is 19.8 Å². The van der Waals surface area contributed by atoms with Crippen molar-refractivity contribution in [2.24, 2.45) is 0 Å². The number of H-pyrrole nitrogens is 1. The van der Waals surface area contributed by atoms with Gasteiger partial charge in [-0.3, -0.25) is 4.79 Å². The van der Waals surface area contributed by atoms with E-state index in [2.05, 4.69) is 10.3 Å². The summed E-state index contributed by atoms with van der Waals surface area (Å²) in [6.45, 7) is 0. The number of rotatable bonds is 7. The summed E-state index contributed by atoms with van der Waals surface area (Å²) in [5, 5.41) is 2.98. The van der Waals surface area contributed by atoms with Crippen molar-refractivity contribution in [1.29, 1.82) is 0 Å². The van der Waals surface area contributed by atoms with E-state index in [0.717, 1.165) is 37.3 Å². The molecule has 6 nitrogen and oxygen atoms in total. The Labute approximate surface area is 176 Å². The van der Waals surface area contributed by atoms with Crippen LogP contribution in [0.5, 0.6) is 0 Å². The molecule has 0 aliphatic carbocycles. The van der Waals surface area contributed by atoms with Gasteiger partial charge >= 0.3 is 12.1 Å². The lowest BCUT2D eigenvalue weighted by Crippen LogP contribution is -2.59. The summed E-state index contributed by atoms with van der Waals surface area (Å²) < 4.78 is 51.9. The van der Waals surface area contributed by atoms with Crippen molar-refractivity contribution < 1.29 is 32.2 Å². The molecular formula is C22H21F3N2O4. The van der Waals surface area contributed by atoms with Crippen molar-refractivity contribution in [3.05, 3.63) is 71.9 Å². The van der Waals surface area contributed by atoms with Crippen molar-refractivity contribution in [3.8, 4) is 0 Å². The fourth-order valence-electron chi connectivity index (χ4n) is 3.54. The van der Waals surface area contributed by atoms with E-state index in [1.165, 1.54) is 18.2 Å². The van der Waals surface area contributed by atoms with E-state index in [1.54, 1.807) is 18.3 Å². The van der Waals surface area contributed by atoms with Crippen molar-refractivity contribution >= 4 is 22.8 Å². The molecule has 0 radical (unpaired) electrons. The zero-order valence-corrected chi connectivity index (χ0v) is 16.8. The summed E-state index contributed by atoms with van der Waals surface area (Å²) in [6.07, 6.45) is -3.53. The van der Waals surface area contributed by atoms with Crippen LogP contribution in [0.1, 0.15) is 11.1 Å². The van der Waals surface area contributed by atoms with Crippen molar-refractivity contribution in [2.45, 2.75) is 24.2 Å². The molecule has 0 aliphatic heterocycles. The maximum Gasteiger partial charge on any atom is 0.430 e. The third-order valence-electron chi connectivity index (χ3n) is 5.10. The van der Waals surface area contributed by atoms with Crippen molar-refractivity contribution in [3.63, 3.8) is 0 Å². The lowest BCUT2D eigenvalue weighted by atomic mass is 9.91. The third kappa shape index (κ3) is 4.13. The SMILES string of the molecule is COC(=O)[C@H](Cc1c[nH]c2ccccc12)NC(=O)C(OC)(c1ccccc1)C(F)(F)F. The Morgan fingerprint density at radius 1 is 1.03 bits per heavy atom. The highest BCUT2D eigenvalue weighted by Crippen LogP contribution is 2.42. The van der Waals surface area contributed by atoms with Crippen molar-refractivity contribution in [2.75, 3.05) is 14.2 Å². The number of benzene rings is 2. The zero-order chi connectivity index (χ0) is 22.6. The molecule has 3 aromatic rings. The van der Waals surface area contributed by atoms with Gasteiger partial charge in [-0.05, 0) is 11.6 Å². The van der Waals surface area contributed by atoms with Crippen molar-refractivity contribution in [1.82, 2.24) is 10.3 Å². The molecule has 31 heavy (non-hydrogen) atoms. The van der Waals surface area contributed by atoms with E-state index < -0.39 is 35.3 Å². The van der Waals surface area contributed by atoms with E-state index in [4.69, 9.17) is 9.47 Å². The minimum atomic E-state index is -5.09. The molecule has 9 heteroatoms. The molecule has 1 heterocycles. The first kappa shape index (κ1) is 22.4. The Kier molecular flexibility index (Phi) is 6.35. The summed E-state index contributed by atoms with van der Waals surface area (Å²) in [7, 11) is 1.90. The number of methoxy groups -OCH3 is 2. The molecule has 0 saturated heterocycles. The van der Waals surface area contributed by atoms with Crippen LogP contribution in [0.15, 0.2) is 60.8 Å². The van der Waals surface area contributed by atoms with E-state index in [0.29, 0.717) is 5.56 Å². The molecule has 0 fully saturated rings. The quantitative estimate of drug-likeness (QED) is 0.558. The van der Waals surface area contributed by atoms with Gasteiger partial charge in [0.25, 0.3) is 11.5 Å². The molecular weight excluding hydrogens is 413 g/mol.